The highest BCUT2D eigenvalue weighted by Crippen LogP contribution is 2.59. The van der Waals surface area contributed by atoms with Crippen LogP contribution in [-0.2, 0) is 0 Å². The zero-order valence-electron chi connectivity index (χ0n) is 13.3. The fourth-order valence-electron chi connectivity index (χ4n) is 5.70. The Labute approximate surface area is 137 Å². The summed E-state index contributed by atoms with van der Waals surface area (Å²) in [5.41, 5.74) is 1.25. The largest absolute Gasteiger partial charge is 0.351 e. The minimum atomic E-state index is 0.112. The Morgan fingerprint density at radius 2 is 1.73 bits per heavy atom. The van der Waals surface area contributed by atoms with Crippen LogP contribution >= 0.6 is 11.8 Å². The number of thioether (sulfide) groups is 1. The molecule has 3 heteroatoms. The van der Waals surface area contributed by atoms with Gasteiger partial charge in [-0.1, -0.05) is 12.1 Å². The molecule has 1 N–H and O–H groups in total. The highest BCUT2D eigenvalue weighted by Gasteiger charge is 2.50. The number of amides is 1. The van der Waals surface area contributed by atoms with Crippen molar-refractivity contribution in [3.8, 4) is 0 Å². The van der Waals surface area contributed by atoms with Gasteiger partial charge in [0.2, 0.25) is 0 Å². The molecule has 1 amide bonds. The molecule has 0 aliphatic heterocycles. The second-order valence-corrected chi connectivity index (χ2v) is 8.65. The quantitative estimate of drug-likeness (QED) is 0.837. The molecule has 22 heavy (non-hydrogen) atoms. The molecule has 5 rings (SSSR count). The van der Waals surface area contributed by atoms with Gasteiger partial charge in [-0.15, -0.1) is 11.8 Å². The van der Waals surface area contributed by atoms with Crippen LogP contribution in [-0.4, -0.2) is 18.7 Å². The Kier molecular flexibility index (Phi) is 3.72. The van der Waals surface area contributed by atoms with E-state index in [4.69, 9.17) is 0 Å². The first kappa shape index (κ1) is 14.6. The molecule has 4 saturated carbocycles. The van der Waals surface area contributed by atoms with Crippen LogP contribution in [0.1, 0.15) is 48.9 Å². The monoisotopic (exact) mass is 315 g/mol. The van der Waals surface area contributed by atoms with E-state index in [1.165, 1.54) is 38.5 Å². The number of carbonyl (C=O) groups excluding carboxylic acids is 1. The molecule has 4 bridgehead atoms. The predicted molar refractivity (Wildman–Crippen MR) is 91.2 cm³/mol. The van der Waals surface area contributed by atoms with Crippen LogP contribution in [0.2, 0.25) is 0 Å². The Balaban J connectivity index is 1.45. The first-order valence-corrected chi connectivity index (χ1v) is 9.81. The van der Waals surface area contributed by atoms with E-state index < -0.39 is 0 Å². The van der Waals surface area contributed by atoms with Gasteiger partial charge < -0.3 is 5.32 Å². The fourth-order valence-corrected chi connectivity index (χ4v) is 6.30. The van der Waals surface area contributed by atoms with E-state index in [1.54, 1.807) is 11.8 Å². The van der Waals surface area contributed by atoms with E-state index in [9.17, 15) is 4.79 Å². The zero-order chi connectivity index (χ0) is 15.2. The summed E-state index contributed by atoms with van der Waals surface area (Å²) in [6.07, 6.45) is 10.5. The first-order chi connectivity index (χ1) is 10.7. The van der Waals surface area contributed by atoms with Crippen LogP contribution in [0.15, 0.2) is 29.2 Å². The van der Waals surface area contributed by atoms with Gasteiger partial charge in [0.15, 0.2) is 0 Å². The number of nitrogens with one attached hydrogen (secondary N) is 1. The summed E-state index contributed by atoms with van der Waals surface area (Å²) in [6.45, 7) is 0.887. The van der Waals surface area contributed by atoms with E-state index in [1.807, 2.05) is 30.5 Å². The molecule has 2 nitrogen and oxygen atoms in total. The topological polar surface area (TPSA) is 29.1 Å². The lowest BCUT2D eigenvalue weighted by Crippen LogP contribution is -2.51. The normalized spacial score (nSPS) is 35.6. The van der Waals surface area contributed by atoms with E-state index in [0.717, 1.165) is 34.8 Å². The maximum absolute atomic E-state index is 12.6. The molecule has 1 aromatic rings. The summed E-state index contributed by atoms with van der Waals surface area (Å²) in [5.74, 6) is 2.95. The second-order valence-electron chi connectivity index (χ2n) is 7.80. The molecule has 0 radical (unpaired) electrons. The number of rotatable bonds is 4. The van der Waals surface area contributed by atoms with Gasteiger partial charge in [-0.2, -0.15) is 0 Å². The molecule has 4 aliphatic rings. The fraction of sp³-hybridized carbons (Fsp3) is 0.632. The zero-order valence-corrected chi connectivity index (χ0v) is 14.1. The van der Waals surface area contributed by atoms with Crippen LogP contribution < -0.4 is 5.32 Å². The smallest absolute Gasteiger partial charge is 0.252 e. The Hall–Kier alpha value is -0.960. The average Bonchev–Trinajstić information content (AvgIpc) is 2.51. The molecular weight excluding hydrogens is 290 g/mol. The highest BCUT2D eigenvalue weighted by molar-refractivity contribution is 7.98. The second kappa shape index (κ2) is 5.59. The maximum Gasteiger partial charge on any atom is 0.252 e. The average molecular weight is 315 g/mol. The number of hydrogen-bond donors (Lipinski definition) is 1. The van der Waals surface area contributed by atoms with Crippen molar-refractivity contribution in [1.29, 1.82) is 0 Å². The Morgan fingerprint density at radius 1 is 1.14 bits per heavy atom. The minimum Gasteiger partial charge on any atom is -0.351 e. The van der Waals surface area contributed by atoms with E-state index >= 15 is 0 Å². The third-order valence-corrected chi connectivity index (χ3v) is 6.94. The van der Waals surface area contributed by atoms with Gasteiger partial charge in [0.25, 0.3) is 5.91 Å². The van der Waals surface area contributed by atoms with Crippen molar-refractivity contribution in [3.05, 3.63) is 29.8 Å². The lowest BCUT2D eigenvalue weighted by Gasteiger charge is -2.56. The SMILES string of the molecule is CSc1ccccc1C(=O)NCC12CC3CC(CC(C3)C1)C2. The van der Waals surface area contributed by atoms with Crippen LogP contribution in [0.4, 0.5) is 0 Å². The van der Waals surface area contributed by atoms with Crippen molar-refractivity contribution in [2.45, 2.75) is 43.4 Å². The maximum atomic E-state index is 12.6. The van der Waals surface area contributed by atoms with Crippen molar-refractivity contribution in [3.63, 3.8) is 0 Å². The third-order valence-electron chi connectivity index (χ3n) is 6.14. The van der Waals surface area contributed by atoms with Crippen LogP contribution in [0, 0.1) is 23.2 Å². The minimum absolute atomic E-state index is 0.112. The summed E-state index contributed by atoms with van der Waals surface area (Å²) >= 11 is 1.65. The van der Waals surface area contributed by atoms with Crippen molar-refractivity contribution < 1.29 is 4.79 Å². The van der Waals surface area contributed by atoms with Crippen molar-refractivity contribution in [1.82, 2.24) is 5.32 Å². The molecule has 0 atom stereocenters. The van der Waals surface area contributed by atoms with Crippen LogP contribution in [0.5, 0.6) is 0 Å². The Morgan fingerprint density at radius 3 is 2.32 bits per heavy atom. The molecule has 0 spiro atoms. The lowest BCUT2D eigenvalue weighted by molar-refractivity contribution is -0.0503. The summed E-state index contributed by atoms with van der Waals surface area (Å²) in [4.78, 5) is 13.7. The van der Waals surface area contributed by atoms with Crippen molar-refractivity contribution in [2.75, 3.05) is 12.8 Å². The van der Waals surface area contributed by atoms with Gasteiger partial charge in [-0.25, -0.2) is 0 Å². The van der Waals surface area contributed by atoms with Gasteiger partial charge in [0, 0.05) is 11.4 Å². The van der Waals surface area contributed by atoms with Gasteiger partial charge >= 0.3 is 0 Å². The molecule has 0 heterocycles. The molecule has 4 aliphatic carbocycles. The summed E-state index contributed by atoms with van der Waals surface area (Å²) in [5, 5.41) is 3.28. The standard InChI is InChI=1S/C19H25NOS/c1-22-17-5-3-2-4-16(17)18(21)20-12-19-9-13-6-14(10-19)8-15(7-13)11-19/h2-5,13-15H,6-12H2,1H3,(H,20,21). The predicted octanol–water partition coefficient (Wildman–Crippen LogP) is 4.35. The van der Waals surface area contributed by atoms with E-state index in [0.29, 0.717) is 5.41 Å². The summed E-state index contributed by atoms with van der Waals surface area (Å²) in [6, 6.07) is 7.94. The number of hydrogen-bond acceptors (Lipinski definition) is 2. The van der Waals surface area contributed by atoms with Crippen molar-refractivity contribution >= 4 is 17.7 Å². The molecule has 118 valence electrons. The molecule has 1 aromatic carbocycles. The molecule has 4 fully saturated rings. The van der Waals surface area contributed by atoms with Gasteiger partial charge in [0.05, 0.1) is 5.56 Å². The molecule has 0 unspecified atom stereocenters. The van der Waals surface area contributed by atoms with Gasteiger partial charge in [0.1, 0.15) is 0 Å². The summed E-state index contributed by atoms with van der Waals surface area (Å²) in [7, 11) is 0. The van der Waals surface area contributed by atoms with Crippen molar-refractivity contribution in [2.24, 2.45) is 23.2 Å². The molecule has 0 saturated heterocycles. The lowest BCUT2D eigenvalue weighted by atomic mass is 9.49. The van der Waals surface area contributed by atoms with Crippen LogP contribution in [0.3, 0.4) is 0 Å². The highest BCUT2D eigenvalue weighted by atomic mass is 32.2. The Bertz CT molecular complexity index is 547. The van der Waals surface area contributed by atoms with Gasteiger partial charge in [-0.3, -0.25) is 4.79 Å². The van der Waals surface area contributed by atoms with Gasteiger partial charge in [-0.05, 0) is 80.1 Å². The molecular formula is C19H25NOS. The van der Waals surface area contributed by atoms with E-state index in [2.05, 4.69) is 5.32 Å². The number of carbonyl (C=O) groups is 1. The number of benzene rings is 1. The van der Waals surface area contributed by atoms with E-state index in [-0.39, 0.29) is 5.91 Å². The van der Waals surface area contributed by atoms with Crippen LogP contribution in [0.25, 0.3) is 0 Å². The first-order valence-electron chi connectivity index (χ1n) is 8.59. The molecule has 0 aromatic heterocycles. The summed E-state index contributed by atoms with van der Waals surface area (Å²) < 4.78 is 0. The third kappa shape index (κ3) is 2.58.